The van der Waals surface area contributed by atoms with Crippen LogP contribution in [0.3, 0.4) is 0 Å². The number of halogens is 2. The van der Waals surface area contributed by atoms with Gasteiger partial charge in [-0.05, 0) is 37.6 Å². The first-order valence-corrected chi connectivity index (χ1v) is 8.31. The molecule has 2 N–H and O–H groups in total. The monoisotopic (exact) mass is 378 g/mol. The highest BCUT2D eigenvalue weighted by Crippen LogP contribution is 2.26. The van der Waals surface area contributed by atoms with Crippen LogP contribution in [0.25, 0.3) is 0 Å². The van der Waals surface area contributed by atoms with Crippen molar-refractivity contribution in [3.8, 4) is 0 Å². The topological polar surface area (TPSA) is 67.4 Å². The van der Waals surface area contributed by atoms with E-state index >= 15 is 0 Å². The Labute approximate surface area is 156 Å². The maximum absolute atomic E-state index is 14.0. The molecular formula is C19H20ClFN2O3. The van der Waals surface area contributed by atoms with Crippen LogP contribution in [0.4, 0.5) is 10.1 Å². The molecule has 1 unspecified atom stereocenters. The van der Waals surface area contributed by atoms with Crippen molar-refractivity contribution in [2.75, 3.05) is 19.0 Å². The van der Waals surface area contributed by atoms with Crippen LogP contribution in [-0.4, -0.2) is 25.5 Å². The van der Waals surface area contributed by atoms with Gasteiger partial charge >= 0.3 is 11.8 Å². The Morgan fingerprint density at radius 3 is 2.50 bits per heavy atom. The van der Waals surface area contributed by atoms with Gasteiger partial charge in [0.1, 0.15) is 11.4 Å². The molecule has 5 nitrogen and oxygen atoms in total. The van der Waals surface area contributed by atoms with Crippen LogP contribution in [0.15, 0.2) is 42.5 Å². The summed E-state index contributed by atoms with van der Waals surface area (Å²) >= 11 is 6.00. The second-order valence-corrected chi connectivity index (χ2v) is 6.37. The van der Waals surface area contributed by atoms with Crippen molar-refractivity contribution >= 4 is 29.1 Å². The number of carbonyl (C=O) groups is 2. The van der Waals surface area contributed by atoms with Gasteiger partial charge in [-0.1, -0.05) is 35.9 Å². The van der Waals surface area contributed by atoms with Crippen LogP contribution in [-0.2, 0) is 19.9 Å². The van der Waals surface area contributed by atoms with Gasteiger partial charge in [-0.15, -0.1) is 0 Å². The molecule has 138 valence electrons. The van der Waals surface area contributed by atoms with Gasteiger partial charge in [0.25, 0.3) is 0 Å². The van der Waals surface area contributed by atoms with Crippen LogP contribution in [0.2, 0.25) is 5.02 Å². The minimum Gasteiger partial charge on any atom is -0.372 e. The molecule has 26 heavy (non-hydrogen) atoms. The summed E-state index contributed by atoms with van der Waals surface area (Å²) in [7, 11) is 1.41. The Bertz CT molecular complexity index is 828. The molecule has 0 heterocycles. The maximum atomic E-state index is 14.0. The Morgan fingerprint density at radius 2 is 1.85 bits per heavy atom. The molecule has 0 fully saturated rings. The summed E-state index contributed by atoms with van der Waals surface area (Å²) in [5.41, 5.74) is 0.270. The second kappa shape index (κ2) is 8.29. The summed E-state index contributed by atoms with van der Waals surface area (Å²) in [6.07, 6.45) is 0. The van der Waals surface area contributed by atoms with E-state index < -0.39 is 23.2 Å². The summed E-state index contributed by atoms with van der Waals surface area (Å²) in [4.78, 5) is 24.2. The number of anilines is 1. The zero-order valence-electron chi connectivity index (χ0n) is 14.7. The molecule has 0 spiro atoms. The average Bonchev–Trinajstić information content (AvgIpc) is 2.63. The van der Waals surface area contributed by atoms with Crippen molar-refractivity contribution < 1.29 is 18.7 Å². The maximum Gasteiger partial charge on any atom is 0.313 e. The Hall–Kier alpha value is -2.44. The van der Waals surface area contributed by atoms with Crippen LogP contribution in [0, 0.1) is 12.7 Å². The molecule has 0 aromatic heterocycles. The number of rotatable bonds is 5. The quantitative estimate of drug-likeness (QED) is 0.783. The highest BCUT2D eigenvalue weighted by atomic mass is 35.5. The van der Waals surface area contributed by atoms with Crippen molar-refractivity contribution in [3.63, 3.8) is 0 Å². The Morgan fingerprint density at radius 1 is 1.15 bits per heavy atom. The van der Waals surface area contributed by atoms with E-state index in [1.807, 2.05) is 0 Å². The van der Waals surface area contributed by atoms with E-state index in [2.05, 4.69) is 10.6 Å². The van der Waals surface area contributed by atoms with Crippen LogP contribution in [0.1, 0.15) is 18.1 Å². The molecule has 2 aromatic rings. The van der Waals surface area contributed by atoms with E-state index in [0.717, 1.165) is 0 Å². The van der Waals surface area contributed by atoms with Crippen molar-refractivity contribution in [3.05, 3.63) is 64.4 Å². The first-order valence-electron chi connectivity index (χ1n) is 7.93. The number of carbonyl (C=O) groups excluding carboxylic acids is 2. The normalized spacial score (nSPS) is 13.0. The molecule has 1 atom stereocenters. The predicted octanol–water partition coefficient (Wildman–Crippen LogP) is 3.40. The number of hydrogen-bond donors (Lipinski definition) is 2. The second-order valence-electron chi connectivity index (χ2n) is 5.96. The standard InChI is InChI=1S/C19H20ClFN2O3/c1-12-14(20)8-6-10-16(12)23-18(25)17(24)22-11-19(2,26-3)13-7-4-5-9-15(13)21/h4-10H,11H2,1-3H3,(H,22,24)(H,23,25). The molecule has 0 aliphatic rings. The van der Waals surface area contributed by atoms with E-state index in [1.165, 1.54) is 13.2 Å². The highest BCUT2D eigenvalue weighted by Gasteiger charge is 2.30. The zero-order chi connectivity index (χ0) is 19.3. The summed E-state index contributed by atoms with van der Waals surface area (Å²) in [5, 5.41) is 5.47. The molecule has 0 aliphatic heterocycles. The number of methoxy groups -OCH3 is 1. The number of ether oxygens (including phenoxy) is 1. The van der Waals surface area contributed by atoms with Crippen molar-refractivity contribution in [1.29, 1.82) is 0 Å². The molecule has 2 aromatic carbocycles. The van der Waals surface area contributed by atoms with Crippen LogP contribution < -0.4 is 10.6 Å². The lowest BCUT2D eigenvalue weighted by atomic mass is 9.95. The Balaban J connectivity index is 2.05. The minimum absolute atomic E-state index is 0.0782. The third kappa shape index (κ3) is 4.39. The molecule has 0 saturated heterocycles. The summed E-state index contributed by atoms with van der Waals surface area (Å²) in [5.74, 6) is -2.16. The largest absolute Gasteiger partial charge is 0.372 e. The highest BCUT2D eigenvalue weighted by molar-refractivity contribution is 6.40. The summed E-state index contributed by atoms with van der Waals surface area (Å²) in [6.45, 7) is 3.28. The SMILES string of the molecule is COC(C)(CNC(=O)C(=O)Nc1cccc(Cl)c1C)c1ccccc1F. The lowest BCUT2D eigenvalue weighted by Crippen LogP contribution is -2.44. The Kier molecular flexibility index (Phi) is 6.34. The van der Waals surface area contributed by atoms with E-state index in [-0.39, 0.29) is 12.1 Å². The van der Waals surface area contributed by atoms with Gasteiger partial charge in [0, 0.05) is 23.4 Å². The molecule has 2 rings (SSSR count). The fourth-order valence-corrected chi connectivity index (χ4v) is 2.59. The molecule has 2 amide bonds. The third-order valence-corrected chi connectivity index (χ3v) is 4.61. The van der Waals surface area contributed by atoms with Gasteiger partial charge < -0.3 is 15.4 Å². The first-order chi connectivity index (χ1) is 12.3. The van der Waals surface area contributed by atoms with Crippen molar-refractivity contribution in [2.24, 2.45) is 0 Å². The predicted molar refractivity (Wildman–Crippen MR) is 98.6 cm³/mol. The van der Waals surface area contributed by atoms with Gasteiger partial charge in [-0.25, -0.2) is 4.39 Å². The van der Waals surface area contributed by atoms with Gasteiger partial charge in [-0.3, -0.25) is 9.59 Å². The fraction of sp³-hybridized carbons (Fsp3) is 0.263. The number of nitrogens with one attached hydrogen (secondary N) is 2. The van der Waals surface area contributed by atoms with E-state index in [9.17, 15) is 14.0 Å². The van der Waals surface area contributed by atoms with Crippen molar-refractivity contribution in [1.82, 2.24) is 5.32 Å². The van der Waals surface area contributed by atoms with Gasteiger partial charge in [0.2, 0.25) is 0 Å². The fourth-order valence-electron chi connectivity index (χ4n) is 2.42. The average molecular weight is 379 g/mol. The number of hydrogen-bond acceptors (Lipinski definition) is 3. The molecular weight excluding hydrogens is 359 g/mol. The van der Waals surface area contributed by atoms with Gasteiger partial charge in [-0.2, -0.15) is 0 Å². The van der Waals surface area contributed by atoms with Gasteiger partial charge in [0.15, 0.2) is 0 Å². The third-order valence-electron chi connectivity index (χ3n) is 4.20. The lowest BCUT2D eigenvalue weighted by Gasteiger charge is -2.29. The first kappa shape index (κ1) is 19.9. The molecule has 7 heteroatoms. The molecule has 0 saturated carbocycles. The summed E-state index contributed by atoms with van der Waals surface area (Å²) in [6, 6.07) is 11.1. The molecule has 0 bridgehead atoms. The molecule has 0 aliphatic carbocycles. The minimum atomic E-state index is -1.12. The summed E-state index contributed by atoms with van der Waals surface area (Å²) < 4.78 is 19.4. The van der Waals surface area contributed by atoms with Crippen LogP contribution >= 0.6 is 11.6 Å². The smallest absolute Gasteiger partial charge is 0.313 e. The van der Waals surface area contributed by atoms with E-state index in [1.54, 1.807) is 50.2 Å². The van der Waals surface area contributed by atoms with E-state index in [0.29, 0.717) is 16.3 Å². The number of amides is 2. The lowest BCUT2D eigenvalue weighted by molar-refractivity contribution is -0.137. The number of benzene rings is 2. The zero-order valence-corrected chi connectivity index (χ0v) is 15.5. The molecule has 0 radical (unpaired) electrons. The van der Waals surface area contributed by atoms with Gasteiger partial charge in [0.05, 0.1) is 6.54 Å². The van der Waals surface area contributed by atoms with Crippen LogP contribution in [0.5, 0.6) is 0 Å². The van der Waals surface area contributed by atoms with E-state index in [4.69, 9.17) is 16.3 Å². The van der Waals surface area contributed by atoms with Crippen molar-refractivity contribution in [2.45, 2.75) is 19.4 Å².